The van der Waals surface area contributed by atoms with Gasteiger partial charge in [0.1, 0.15) is 5.69 Å². The Balaban J connectivity index is 2.15. The smallest absolute Gasteiger partial charge is 0.270 e. The number of rotatable bonds is 6. The average Bonchev–Trinajstić information content (AvgIpc) is 3.13. The molecule has 1 saturated carbocycles. The SMILES string of the molecule is CCCCN(CC)C(=O)c1cc(N)cn1C1CC1. The number of carbonyl (C=O) groups excluding carboxylic acids is 1. The molecule has 1 aromatic rings. The second-order valence-electron chi connectivity index (χ2n) is 5.04. The summed E-state index contributed by atoms with van der Waals surface area (Å²) in [5.74, 6) is 0.120. The summed E-state index contributed by atoms with van der Waals surface area (Å²) in [6.45, 7) is 5.76. The molecule has 1 aromatic heterocycles. The molecular formula is C14H23N3O. The lowest BCUT2D eigenvalue weighted by atomic mass is 10.3. The summed E-state index contributed by atoms with van der Waals surface area (Å²) < 4.78 is 2.06. The molecule has 18 heavy (non-hydrogen) atoms. The normalized spacial score (nSPS) is 14.8. The van der Waals surface area contributed by atoms with Crippen molar-refractivity contribution in [2.24, 2.45) is 0 Å². The number of anilines is 1. The number of nitrogens with zero attached hydrogens (tertiary/aromatic N) is 2. The van der Waals surface area contributed by atoms with Crippen molar-refractivity contribution >= 4 is 11.6 Å². The van der Waals surface area contributed by atoms with Gasteiger partial charge in [-0.1, -0.05) is 13.3 Å². The summed E-state index contributed by atoms with van der Waals surface area (Å²) in [6.07, 6.45) is 6.39. The number of nitrogen functional groups attached to an aromatic ring is 1. The van der Waals surface area contributed by atoms with E-state index in [0.29, 0.717) is 11.7 Å². The highest BCUT2D eigenvalue weighted by atomic mass is 16.2. The Morgan fingerprint density at radius 3 is 2.78 bits per heavy atom. The first-order valence-electron chi connectivity index (χ1n) is 6.94. The predicted molar refractivity (Wildman–Crippen MR) is 73.6 cm³/mol. The van der Waals surface area contributed by atoms with E-state index >= 15 is 0 Å². The van der Waals surface area contributed by atoms with E-state index in [0.717, 1.165) is 44.5 Å². The predicted octanol–water partition coefficient (Wildman–Crippen LogP) is 2.67. The van der Waals surface area contributed by atoms with E-state index in [1.54, 1.807) is 0 Å². The summed E-state index contributed by atoms with van der Waals surface area (Å²) in [5.41, 5.74) is 7.28. The van der Waals surface area contributed by atoms with Crippen molar-refractivity contribution in [1.29, 1.82) is 0 Å². The van der Waals surface area contributed by atoms with Crippen LogP contribution in [0, 0.1) is 0 Å². The van der Waals surface area contributed by atoms with E-state index in [4.69, 9.17) is 5.73 Å². The second-order valence-corrected chi connectivity index (χ2v) is 5.04. The van der Waals surface area contributed by atoms with Crippen LogP contribution in [0.1, 0.15) is 56.1 Å². The van der Waals surface area contributed by atoms with E-state index in [9.17, 15) is 4.79 Å². The van der Waals surface area contributed by atoms with E-state index in [1.165, 1.54) is 0 Å². The van der Waals surface area contributed by atoms with Crippen LogP contribution in [-0.2, 0) is 0 Å². The highest BCUT2D eigenvalue weighted by Gasteiger charge is 2.29. The highest BCUT2D eigenvalue weighted by Crippen LogP contribution is 2.37. The zero-order chi connectivity index (χ0) is 13.1. The standard InChI is InChI=1S/C14H23N3O/c1-3-5-8-16(4-2)14(18)13-9-11(15)10-17(13)12-6-7-12/h9-10,12H,3-8,15H2,1-2H3. The zero-order valence-electron chi connectivity index (χ0n) is 11.4. The van der Waals surface area contributed by atoms with Gasteiger partial charge in [-0.05, 0) is 32.3 Å². The Labute approximate surface area is 109 Å². The van der Waals surface area contributed by atoms with Crippen LogP contribution >= 0.6 is 0 Å². The average molecular weight is 249 g/mol. The summed E-state index contributed by atoms with van der Waals surface area (Å²) >= 11 is 0. The van der Waals surface area contributed by atoms with Crippen molar-refractivity contribution in [3.05, 3.63) is 18.0 Å². The second kappa shape index (κ2) is 5.46. The number of carbonyl (C=O) groups is 1. The van der Waals surface area contributed by atoms with E-state index in [2.05, 4.69) is 11.5 Å². The molecule has 0 unspecified atom stereocenters. The molecule has 1 amide bonds. The fourth-order valence-electron chi connectivity index (χ4n) is 2.24. The Morgan fingerprint density at radius 2 is 2.22 bits per heavy atom. The lowest BCUT2D eigenvalue weighted by molar-refractivity contribution is 0.0751. The van der Waals surface area contributed by atoms with Crippen molar-refractivity contribution in [1.82, 2.24) is 9.47 Å². The van der Waals surface area contributed by atoms with Gasteiger partial charge in [0, 0.05) is 25.3 Å². The number of amides is 1. The third kappa shape index (κ3) is 2.68. The maximum absolute atomic E-state index is 12.5. The molecule has 0 aromatic carbocycles. The van der Waals surface area contributed by atoms with Gasteiger partial charge in [-0.2, -0.15) is 0 Å². The maximum Gasteiger partial charge on any atom is 0.270 e. The fourth-order valence-corrected chi connectivity index (χ4v) is 2.24. The lowest BCUT2D eigenvalue weighted by Gasteiger charge is -2.21. The summed E-state index contributed by atoms with van der Waals surface area (Å²) in [6, 6.07) is 2.31. The zero-order valence-corrected chi connectivity index (χ0v) is 11.4. The molecule has 2 N–H and O–H groups in total. The Bertz CT molecular complexity index is 421. The molecular weight excluding hydrogens is 226 g/mol. The minimum absolute atomic E-state index is 0.120. The number of nitrogens with two attached hydrogens (primary N) is 1. The van der Waals surface area contributed by atoms with Crippen LogP contribution in [0.2, 0.25) is 0 Å². The molecule has 1 heterocycles. The maximum atomic E-state index is 12.5. The molecule has 0 saturated heterocycles. The number of unbranched alkanes of at least 4 members (excludes halogenated alkanes) is 1. The van der Waals surface area contributed by atoms with Gasteiger partial charge in [0.2, 0.25) is 0 Å². The minimum atomic E-state index is 0.120. The van der Waals surface area contributed by atoms with Crippen LogP contribution in [0.15, 0.2) is 12.3 Å². The molecule has 1 aliphatic carbocycles. The number of aromatic nitrogens is 1. The van der Waals surface area contributed by atoms with Gasteiger partial charge in [-0.3, -0.25) is 4.79 Å². The first-order valence-corrected chi connectivity index (χ1v) is 6.94. The van der Waals surface area contributed by atoms with Gasteiger partial charge < -0.3 is 15.2 Å². The summed E-state index contributed by atoms with van der Waals surface area (Å²) in [7, 11) is 0. The largest absolute Gasteiger partial charge is 0.397 e. The van der Waals surface area contributed by atoms with Crippen LogP contribution in [-0.4, -0.2) is 28.5 Å². The van der Waals surface area contributed by atoms with Gasteiger partial charge in [0.25, 0.3) is 5.91 Å². The molecule has 4 nitrogen and oxygen atoms in total. The fraction of sp³-hybridized carbons (Fsp3) is 0.643. The monoisotopic (exact) mass is 249 g/mol. The molecule has 1 fully saturated rings. The Kier molecular flexibility index (Phi) is 3.94. The van der Waals surface area contributed by atoms with E-state index in [1.807, 2.05) is 24.1 Å². The number of hydrogen-bond donors (Lipinski definition) is 1. The van der Waals surface area contributed by atoms with Gasteiger partial charge in [0.05, 0.1) is 5.69 Å². The van der Waals surface area contributed by atoms with Crippen LogP contribution in [0.25, 0.3) is 0 Å². The molecule has 1 aliphatic rings. The third-order valence-electron chi connectivity index (χ3n) is 3.48. The summed E-state index contributed by atoms with van der Waals surface area (Å²) in [4.78, 5) is 14.4. The molecule has 0 radical (unpaired) electrons. The molecule has 0 aliphatic heterocycles. The van der Waals surface area contributed by atoms with Crippen LogP contribution in [0.4, 0.5) is 5.69 Å². The molecule has 0 spiro atoms. The van der Waals surface area contributed by atoms with Crippen molar-refractivity contribution in [3.63, 3.8) is 0 Å². The molecule has 2 rings (SSSR count). The first-order chi connectivity index (χ1) is 8.67. The Morgan fingerprint density at radius 1 is 1.50 bits per heavy atom. The third-order valence-corrected chi connectivity index (χ3v) is 3.48. The molecule has 100 valence electrons. The minimum Gasteiger partial charge on any atom is -0.397 e. The van der Waals surface area contributed by atoms with E-state index < -0.39 is 0 Å². The Hall–Kier alpha value is -1.45. The topological polar surface area (TPSA) is 51.3 Å². The van der Waals surface area contributed by atoms with Crippen LogP contribution in [0.3, 0.4) is 0 Å². The summed E-state index contributed by atoms with van der Waals surface area (Å²) in [5, 5.41) is 0. The van der Waals surface area contributed by atoms with Crippen molar-refractivity contribution in [2.45, 2.75) is 45.6 Å². The molecule has 0 atom stereocenters. The van der Waals surface area contributed by atoms with Gasteiger partial charge >= 0.3 is 0 Å². The van der Waals surface area contributed by atoms with Crippen LogP contribution < -0.4 is 5.73 Å². The van der Waals surface area contributed by atoms with Crippen molar-refractivity contribution in [2.75, 3.05) is 18.8 Å². The van der Waals surface area contributed by atoms with Crippen molar-refractivity contribution < 1.29 is 4.79 Å². The number of hydrogen-bond acceptors (Lipinski definition) is 2. The quantitative estimate of drug-likeness (QED) is 0.842. The highest BCUT2D eigenvalue weighted by molar-refractivity contribution is 5.94. The van der Waals surface area contributed by atoms with Gasteiger partial charge in [0.15, 0.2) is 0 Å². The molecule has 4 heteroatoms. The van der Waals surface area contributed by atoms with Crippen molar-refractivity contribution in [3.8, 4) is 0 Å². The van der Waals surface area contributed by atoms with E-state index in [-0.39, 0.29) is 5.91 Å². The first kappa shape index (κ1) is 13.0. The lowest BCUT2D eigenvalue weighted by Crippen LogP contribution is -2.33. The van der Waals surface area contributed by atoms with Crippen LogP contribution in [0.5, 0.6) is 0 Å². The van der Waals surface area contributed by atoms with Gasteiger partial charge in [-0.15, -0.1) is 0 Å². The molecule has 0 bridgehead atoms. The van der Waals surface area contributed by atoms with Gasteiger partial charge in [-0.25, -0.2) is 0 Å².